The number of para-hydroxylation sites is 1. The van der Waals surface area contributed by atoms with E-state index >= 15 is 0 Å². The number of halogens is 1. The number of hydrogen-bond acceptors (Lipinski definition) is 7. The van der Waals surface area contributed by atoms with Gasteiger partial charge in [0.1, 0.15) is 17.0 Å². The molecule has 0 saturated heterocycles. The van der Waals surface area contributed by atoms with Crippen molar-refractivity contribution in [2.45, 2.75) is 13.0 Å². The number of carbonyl (C=O) groups excluding carboxylic acids is 2. The molecule has 9 nitrogen and oxygen atoms in total. The summed E-state index contributed by atoms with van der Waals surface area (Å²) in [5, 5.41) is 13.6. The molecule has 0 aliphatic carbocycles. The van der Waals surface area contributed by atoms with E-state index in [4.69, 9.17) is 30.9 Å². The van der Waals surface area contributed by atoms with Crippen molar-refractivity contribution in [2.24, 2.45) is 0 Å². The summed E-state index contributed by atoms with van der Waals surface area (Å²) in [4.78, 5) is 36.3. The van der Waals surface area contributed by atoms with Crippen molar-refractivity contribution >= 4 is 29.5 Å². The van der Waals surface area contributed by atoms with Gasteiger partial charge in [0.05, 0.1) is 24.9 Å². The maximum atomic E-state index is 12.7. The third kappa shape index (κ3) is 4.42. The number of benzene rings is 2. The van der Waals surface area contributed by atoms with Crippen LogP contribution in [0.3, 0.4) is 0 Å². The minimum Gasteiger partial charge on any atom is -0.479 e. The summed E-state index contributed by atoms with van der Waals surface area (Å²) in [6.45, 7) is 1.37. The van der Waals surface area contributed by atoms with Crippen LogP contribution in [0, 0.1) is 0 Å². The first-order valence-corrected chi connectivity index (χ1v) is 9.70. The molecule has 10 heteroatoms. The highest BCUT2D eigenvalue weighted by Gasteiger charge is 2.31. The van der Waals surface area contributed by atoms with Crippen LogP contribution in [0.4, 0.5) is 0 Å². The van der Waals surface area contributed by atoms with E-state index in [1.54, 1.807) is 36.4 Å². The van der Waals surface area contributed by atoms with Gasteiger partial charge in [-0.15, -0.1) is 0 Å². The van der Waals surface area contributed by atoms with Crippen molar-refractivity contribution in [2.75, 3.05) is 14.2 Å². The molecule has 0 bridgehead atoms. The fourth-order valence-corrected chi connectivity index (χ4v) is 3.17. The lowest BCUT2D eigenvalue weighted by Crippen LogP contribution is -2.22. The van der Waals surface area contributed by atoms with Gasteiger partial charge in [-0.2, -0.15) is 5.10 Å². The second-order valence-corrected chi connectivity index (χ2v) is 6.95. The molecule has 0 saturated carbocycles. The van der Waals surface area contributed by atoms with Crippen molar-refractivity contribution in [3.63, 3.8) is 0 Å². The van der Waals surface area contributed by atoms with Crippen molar-refractivity contribution in [1.82, 2.24) is 9.78 Å². The molecule has 1 aromatic heterocycles. The van der Waals surface area contributed by atoms with Gasteiger partial charge in [0, 0.05) is 5.56 Å². The van der Waals surface area contributed by atoms with E-state index in [-0.39, 0.29) is 27.7 Å². The Morgan fingerprint density at radius 2 is 1.69 bits per heavy atom. The molecule has 1 heterocycles. The minimum absolute atomic E-state index is 0.0975. The standard InChI is InChI=1S/C22H19ClN2O7/c1-12(20(26)27)32-16-10-9-13(11-15(16)23)18-17(21(28)30-2)19(22(29)31-3)25(24-18)14-7-5-4-6-8-14/h4-12H,1-3H3,(H,26,27). The molecular formula is C22H19ClN2O7. The zero-order chi connectivity index (χ0) is 23.4. The fraction of sp³-hybridized carbons (Fsp3) is 0.182. The van der Waals surface area contributed by atoms with Crippen LogP contribution >= 0.6 is 11.6 Å². The molecule has 0 amide bonds. The summed E-state index contributed by atoms with van der Waals surface area (Å²) in [6.07, 6.45) is -1.12. The third-order valence-electron chi connectivity index (χ3n) is 4.51. The van der Waals surface area contributed by atoms with Gasteiger partial charge in [0.25, 0.3) is 0 Å². The predicted octanol–water partition coefficient (Wildman–Crippen LogP) is 3.62. The lowest BCUT2D eigenvalue weighted by molar-refractivity contribution is -0.144. The number of esters is 2. The summed E-state index contributed by atoms with van der Waals surface area (Å²) >= 11 is 6.29. The van der Waals surface area contributed by atoms with Gasteiger partial charge in [-0.25, -0.2) is 19.1 Å². The smallest absolute Gasteiger partial charge is 0.357 e. The van der Waals surface area contributed by atoms with E-state index in [9.17, 15) is 14.4 Å². The Morgan fingerprint density at radius 3 is 2.25 bits per heavy atom. The van der Waals surface area contributed by atoms with Gasteiger partial charge in [-0.1, -0.05) is 29.8 Å². The number of aliphatic carboxylic acids is 1. The Labute approximate surface area is 188 Å². The average molecular weight is 459 g/mol. The molecule has 3 aromatic rings. The Hall–Kier alpha value is -3.85. The Bertz CT molecular complexity index is 1170. The van der Waals surface area contributed by atoms with Crippen LogP contribution in [0.5, 0.6) is 5.75 Å². The Kier molecular flexibility index (Phi) is 6.79. The van der Waals surface area contributed by atoms with Crippen molar-refractivity contribution in [1.29, 1.82) is 0 Å². The van der Waals surface area contributed by atoms with Crippen LogP contribution < -0.4 is 4.74 Å². The molecule has 0 spiro atoms. The number of methoxy groups -OCH3 is 2. The zero-order valence-electron chi connectivity index (χ0n) is 17.4. The van der Waals surface area contributed by atoms with Crippen LogP contribution in [0.1, 0.15) is 27.8 Å². The molecule has 0 radical (unpaired) electrons. The van der Waals surface area contributed by atoms with E-state index in [0.29, 0.717) is 11.3 Å². The monoisotopic (exact) mass is 458 g/mol. The Balaban J connectivity index is 2.21. The number of carboxylic acids is 1. The number of carbonyl (C=O) groups is 3. The minimum atomic E-state index is -1.15. The van der Waals surface area contributed by atoms with E-state index < -0.39 is 24.0 Å². The average Bonchev–Trinajstić information content (AvgIpc) is 3.20. The highest BCUT2D eigenvalue weighted by atomic mass is 35.5. The number of carboxylic acid groups (broad SMARTS) is 1. The molecular weight excluding hydrogens is 440 g/mol. The number of ether oxygens (including phenoxy) is 3. The van der Waals surface area contributed by atoms with E-state index in [2.05, 4.69) is 5.10 Å². The lowest BCUT2D eigenvalue weighted by Gasteiger charge is -2.12. The molecule has 0 fully saturated rings. The third-order valence-corrected chi connectivity index (χ3v) is 4.81. The largest absolute Gasteiger partial charge is 0.479 e. The topological polar surface area (TPSA) is 117 Å². The maximum Gasteiger partial charge on any atom is 0.357 e. The summed E-state index contributed by atoms with van der Waals surface area (Å²) in [5.41, 5.74) is 0.806. The van der Waals surface area contributed by atoms with Gasteiger partial charge < -0.3 is 19.3 Å². The first-order valence-electron chi connectivity index (χ1n) is 9.33. The highest BCUT2D eigenvalue weighted by molar-refractivity contribution is 6.32. The van der Waals surface area contributed by atoms with Crippen LogP contribution in [0.25, 0.3) is 16.9 Å². The molecule has 1 N–H and O–H groups in total. The van der Waals surface area contributed by atoms with Gasteiger partial charge in [0.2, 0.25) is 0 Å². The van der Waals surface area contributed by atoms with Crippen molar-refractivity contribution in [3.05, 3.63) is 64.8 Å². The lowest BCUT2D eigenvalue weighted by atomic mass is 10.1. The highest BCUT2D eigenvalue weighted by Crippen LogP contribution is 2.34. The van der Waals surface area contributed by atoms with Gasteiger partial charge in [-0.3, -0.25) is 0 Å². The molecule has 2 aromatic carbocycles. The molecule has 0 aliphatic heterocycles. The van der Waals surface area contributed by atoms with E-state index in [1.165, 1.54) is 38.0 Å². The summed E-state index contributed by atoms with van der Waals surface area (Å²) in [5.74, 6) is -2.59. The number of rotatable bonds is 7. The molecule has 166 valence electrons. The summed E-state index contributed by atoms with van der Waals surface area (Å²) in [7, 11) is 2.38. The maximum absolute atomic E-state index is 12.7. The van der Waals surface area contributed by atoms with E-state index in [1.807, 2.05) is 0 Å². The second kappa shape index (κ2) is 9.52. The summed E-state index contributed by atoms with van der Waals surface area (Å²) in [6, 6.07) is 13.2. The van der Waals surface area contributed by atoms with Crippen molar-refractivity contribution in [3.8, 4) is 22.7 Å². The predicted molar refractivity (Wildman–Crippen MR) is 114 cm³/mol. The fourth-order valence-electron chi connectivity index (χ4n) is 2.94. The SMILES string of the molecule is COC(=O)c1c(-c2ccc(OC(C)C(=O)O)c(Cl)c2)nn(-c2ccccc2)c1C(=O)OC. The van der Waals surface area contributed by atoms with Crippen LogP contribution in [-0.2, 0) is 14.3 Å². The van der Waals surface area contributed by atoms with E-state index in [0.717, 1.165) is 0 Å². The van der Waals surface area contributed by atoms with Crippen molar-refractivity contribution < 1.29 is 33.7 Å². The second-order valence-electron chi connectivity index (χ2n) is 6.55. The Morgan fingerprint density at radius 1 is 1.03 bits per heavy atom. The molecule has 1 atom stereocenters. The quantitative estimate of drug-likeness (QED) is 0.533. The van der Waals surface area contributed by atoms with Gasteiger partial charge in [0.15, 0.2) is 11.8 Å². The molecule has 32 heavy (non-hydrogen) atoms. The normalized spacial score (nSPS) is 11.5. The number of aromatic nitrogens is 2. The van der Waals surface area contributed by atoms with Crippen LogP contribution in [0.15, 0.2) is 48.5 Å². The molecule has 0 aliphatic rings. The van der Waals surface area contributed by atoms with Gasteiger partial charge >= 0.3 is 17.9 Å². The first kappa shape index (κ1) is 22.8. The zero-order valence-corrected chi connectivity index (χ0v) is 18.1. The summed E-state index contributed by atoms with van der Waals surface area (Å²) < 4.78 is 16.4. The molecule has 1 unspecified atom stereocenters. The first-order chi connectivity index (χ1) is 15.3. The van der Waals surface area contributed by atoms with Crippen LogP contribution in [-0.4, -0.2) is 53.1 Å². The van der Waals surface area contributed by atoms with Crippen LogP contribution in [0.2, 0.25) is 5.02 Å². The number of nitrogens with zero attached hydrogens (tertiary/aromatic N) is 2. The molecule has 3 rings (SSSR count). The van der Waals surface area contributed by atoms with Gasteiger partial charge in [-0.05, 0) is 37.3 Å². The number of hydrogen-bond donors (Lipinski definition) is 1.